The van der Waals surface area contributed by atoms with Crippen LogP contribution >= 0.6 is 11.6 Å². The second kappa shape index (κ2) is 6.10. The van der Waals surface area contributed by atoms with Crippen molar-refractivity contribution in [1.82, 2.24) is 9.88 Å². The van der Waals surface area contributed by atoms with Gasteiger partial charge in [0.2, 0.25) is 0 Å². The molecule has 1 aliphatic heterocycles. The van der Waals surface area contributed by atoms with E-state index < -0.39 is 5.60 Å². The fraction of sp³-hybridized carbons (Fsp3) is 0.600. The zero-order valence-electron chi connectivity index (χ0n) is 12.0. The third-order valence-electron chi connectivity index (χ3n) is 3.73. The third-order valence-corrected chi connectivity index (χ3v) is 3.92. The number of aliphatic hydroxyl groups is 1. The van der Waals surface area contributed by atoms with Crippen molar-refractivity contribution in [2.75, 3.05) is 13.1 Å². The van der Waals surface area contributed by atoms with Gasteiger partial charge in [0.1, 0.15) is 5.15 Å². The van der Waals surface area contributed by atoms with Crippen molar-refractivity contribution in [2.45, 2.75) is 45.1 Å². The van der Waals surface area contributed by atoms with Crippen molar-refractivity contribution in [3.63, 3.8) is 0 Å². The third kappa shape index (κ3) is 3.70. The summed E-state index contributed by atoms with van der Waals surface area (Å²) in [7, 11) is 0. The highest BCUT2D eigenvalue weighted by Gasteiger charge is 2.30. The number of rotatable bonds is 3. The van der Waals surface area contributed by atoms with Gasteiger partial charge in [-0.05, 0) is 38.3 Å². The lowest BCUT2D eigenvalue weighted by atomic mass is 9.93. The fourth-order valence-corrected chi connectivity index (χ4v) is 2.66. The standard InChI is InChI=1S/C15H21ClN2O2/c1-3-4-12-9-11(10-13(16)17-12)14(19)18-7-5-15(2,20)6-8-18/h9-10,20H,3-8H2,1-2H3. The summed E-state index contributed by atoms with van der Waals surface area (Å²) >= 11 is 5.99. The number of hydrogen-bond acceptors (Lipinski definition) is 3. The quantitative estimate of drug-likeness (QED) is 0.873. The van der Waals surface area contributed by atoms with Crippen LogP contribution in [0.1, 0.15) is 49.2 Å². The Morgan fingerprint density at radius 1 is 1.45 bits per heavy atom. The second-order valence-electron chi connectivity index (χ2n) is 5.71. The molecule has 1 aliphatic rings. The van der Waals surface area contributed by atoms with Crippen LogP contribution in [0.3, 0.4) is 0 Å². The van der Waals surface area contributed by atoms with E-state index in [2.05, 4.69) is 11.9 Å². The molecule has 110 valence electrons. The summed E-state index contributed by atoms with van der Waals surface area (Å²) in [4.78, 5) is 18.5. The van der Waals surface area contributed by atoms with Gasteiger partial charge in [-0.1, -0.05) is 24.9 Å². The number of carbonyl (C=O) groups is 1. The molecule has 5 heteroatoms. The number of piperidine rings is 1. The van der Waals surface area contributed by atoms with Gasteiger partial charge < -0.3 is 10.0 Å². The lowest BCUT2D eigenvalue weighted by Gasteiger charge is -2.35. The van der Waals surface area contributed by atoms with E-state index in [9.17, 15) is 9.90 Å². The number of likely N-dealkylation sites (tertiary alicyclic amines) is 1. The molecule has 1 fully saturated rings. The minimum absolute atomic E-state index is 0.0258. The van der Waals surface area contributed by atoms with Gasteiger partial charge in [-0.2, -0.15) is 0 Å². The van der Waals surface area contributed by atoms with E-state index in [0.29, 0.717) is 36.6 Å². The summed E-state index contributed by atoms with van der Waals surface area (Å²) in [5, 5.41) is 10.3. The first-order valence-electron chi connectivity index (χ1n) is 7.09. The number of aromatic nitrogens is 1. The average molecular weight is 297 g/mol. The van der Waals surface area contributed by atoms with E-state index in [1.165, 1.54) is 0 Å². The smallest absolute Gasteiger partial charge is 0.254 e. The zero-order chi connectivity index (χ0) is 14.8. The molecule has 0 spiro atoms. The van der Waals surface area contributed by atoms with Crippen molar-refractivity contribution < 1.29 is 9.90 Å². The van der Waals surface area contributed by atoms with Crippen molar-refractivity contribution in [1.29, 1.82) is 0 Å². The minimum Gasteiger partial charge on any atom is -0.390 e. The molecule has 4 nitrogen and oxygen atoms in total. The van der Waals surface area contributed by atoms with E-state index in [4.69, 9.17) is 11.6 Å². The molecule has 1 N–H and O–H groups in total. The molecule has 1 saturated heterocycles. The van der Waals surface area contributed by atoms with Crippen LogP contribution in [-0.4, -0.2) is 39.6 Å². The van der Waals surface area contributed by atoms with Crippen LogP contribution in [-0.2, 0) is 6.42 Å². The van der Waals surface area contributed by atoms with E-state index >= 15 is 0 Å². The van der Waals surface area contributed by atoms with Gasteiger partial charge in [-0.15, -0.1) is 0 Å². The number of hydrogen-bond donors (Lipinski definition) is 1. The number of nitrogens with zero attached hydrogens (tertiary/aromatic N) is 2. The first-order valence-corrected chi connectivity index (χ1v) is 7.47. The molecular weight excluding hydrogens is 276 g/mol. The maximum Gasteiger partial charge on any atom is 0.254 e. The van der Waals surface area contributed by atoms with Crippen molar-refractivity contribution in [3.05, 3.63) is 28.5 Å². The van der Waals surface area contributed by atoms with Crippen LogP contribution in [0.25, 0.3) is 0 Å². The maximum atomic E-state index is 12.5. The van der Waals surface area contributed by atoms with Gasteiger partial charge in [-0.3, -0.25) is 4.79 Å². The Hall–Kier alpha value is -1.13. The molecule has 1 aromatic heterocycles. The molecule has 1 amide bonds. The van der Waals surface area contributed by atoms with Crippen LogP contribution in [0.2, 0.25) is 5.15 Å². The van der Waals surface area contributed by atoms with Gasteiger partial charge in [0.05, 0.1) is 5.60 Å². The summed E-state index contributed by atoms with van der Waals surface area (Å²) in [6.45, 7) is 5.04. The highest BCUT2D eigenvalue weighted by atomic mass is 35.5. The SMILES string of the molecule is CCCc1cc(C(=O)N2CCC(C)(O)CC2)cc(Cl)n1. The van der Waals surface area contributed by atoms with Crippen molar-refractivity contribution >= 4 is 17.5 Å². The molecular formula is C15H21ClN2O2. The Bertz CT molecular complexity index is 493. The van der Waals surface area contributed by atoms with E-state index in [1.54, 1.807) is 11.0 Å². The molecule has 2 heterocycles. The Morgan fingerprint density at radius 3 is 2.70 bits per heavy atom. The van der Waals surface area contributed by atoms with Crippen molar-refractivity contribution in [3.8, 4) is 0 Å². The molecule has 0 radical (unpaired) electrons. The molecule has 20 heavy (non-hydrogen) atoms. The van der Waals surface area contributed by atoms with Crippen LogP contribution < -0.4 is 0 Å². The van der Waals surface area contributed by atoms with Gasteiger partial charge in [0.15, 0.2) is 0 Å². The van der Waals surface area contributed by atoms with Crippen molar-refractivity contribution in [2.24, 2.45) is 0 Å². The minimum atomic E-state index is -0.653. The van der Waals surface area contributed by atoms with Crippen LogP contribution in [0.4, 0.5) is 0 Å². The number of pyridine rings is 1. The lowest BCUT2D eigenvalue weighted by molar-refractivity contribution is -0.00203. The molecule has 0 atom stereocenters. The fourth-order valence-electron chi connectivity index (χ4n) is 2.43. The van der Waals surface area contributed by atoms with E-state index in [-0.39, 0.29) is 5.91 Å². The van der Waals surface area contributed by atoms with Gasteiger partial charge in [-0.25, -0.2) is 4.98 Å². The van der Waals surface area contributed by atoms with E-state index in [1.807, 2.05) is 13.0 Å². The summed E-state index contributed by atoms with van der Waals surface area (Å²) in [6.07, 6.45) is 3.00. The highest BCUT2D eigenvalue weighted by molar-refractivity contribution is 6.29. The number of halogens is 1. The maximum absolute atomic E-state index is 12.5. The first kappa shape index (κ1) is 15.3. The predicted molar refractivity (Wildman–Crippen MR) is 79.0 cm³/mol. The molecule has 0 unspecified atom stereocenters. The summed E-state index contributed by atoms with van der Waals surface area (Å²) < 4.78 is 0. The second-order valence-corrected chi connectivity index (χ2v) is 6.10. The normalized spacial score (nSPS) is 18.1. The number of amides is 1. The number of carbonyl (C=O) groups excluding carboxylic acids is 1. The molecule has 1 aromatic rings. The molecule has 0 aromatic carbocycles. The monoisotopic (exact) mass is 296 g/mol. The molecule has 2 rings (SSSR count). The van der Waals surface area contributed by atoms with Gasteiger partial charge in [0, 0.05) is 24.3 Å². The summed E-state index contributed by atoms with van der Waals surface area (Å²) in [6, 6.07) is 3.44. The topological polar surface area (TPSA) is 53.4 Å². The van der Waals surface area contributed by atoms with E-state index in [0.717, 1.165) is 18.5 Å². The lowest BCUT2D eigenvalue weighted by Crippen LogP contribution is -2.45. The zero-order valence-corrected chi connectivity index (χ0v) is 12.8. The average Bonchev–Trinajstić information content (AvgIpc) is 2.37. The summed E-state index contributed by atoms with van der Waals surface area (Å²) in [5.74, 6) is -0.0258. The van der Waals surface area contributed by atoms with Gasteiger partial charge in [0.25, 0.3) is 5.91 Å². The Labute approximate surface area is 124 Å². The Balaban J connectivity index is 2.13. The molecule has 0 bridgehead atoms. The highest BCUT2D eigenvalue weighted by Crippen LogP contribution is 2.23. The van der Waals surface area contributed by atoms with Crippen LogP contribution in [0.15, 0.2) is 12.1 Å². The largest absolute Gasteiger partial charge is 0.390 e. The van der Waals surface area contributed by atoms with Crippen LogP contribution in [0, 0.1) is 0 Å². The first-order chi connectivity index (χ1) is 9.41. The van der Waals surface area contributed by atoms with Crippen LogP contribution in [0.5, 0.6) is 0 Å². The Morgan fingerprint density at radius 2 is 2.10 bits per heavy atom. The number of aryl methyl sites for hydroxylation is 1. The predicted octanol–water partition coefficient (Wildman–Crippen LogP) is 2.67. The molecule has 0 saturated carbocycles. The van der Waals surface area contributed by atoms with Gasteiger partial charge >= 0.3 is 0 Å². The molecule has 0 aliphatic carbocycles. The summed E-state index contributed by atoms with van der Waals surface area (Å²) in [5.41, 5.74) is 0.794. The Kier molecular flexibility index (Phi) is 4.66.